The van der Waals surface area contributed by atoms with Gasteiger partial charge in [-0.2, -0.15) is 0 Å². The number of nitrogens with one attached hydrogen (secondary N) is 1. The summed E-state index contributed by atoms with van der Waals surface area (Å²) in [7, 11) is 3.46. The van der Waals surface area contributed by atoms with Crippen LogP contribution in [-0.4, -0.2) is 31.0 Å². The van der Waals surface area contributed by atoms with Gasteiger partial charge in [0, 0.05) is 6.07 Å². The summed E-state index contributed by atoms with van der Waals surface area (Å²) in [6.07, 6.45) is 4.24. The summed E-state index contributed by atoms with van der Waals surface area (Å²) in [5.41, 5.74) is 0.835. The third-order valence-electron chi connectivity index (χ3n) is 2.70. The molecule has 1 aliphatic rings. The Morgan fingerprint density at radius 1 is 1.41 bits per heavy atom. The molecule has 5 heteroatoms. The normalized spacial score (nSPS) is 16.9. The number of methoxy groups -OCH3 is 1. The Balaban J connectivity index is 2.18. The van der Waals surface area contributed by atoms with E-state index in [1.807, 2.05) is 13.1 Å². The second kappa shape index (κ2) is 5.63. The fraction of sp³-hybridized carbons (Fsp3) is 0.500. The second-order valence-electron chi connectivity index (χ2n) is 3.82. The molecular formula is C12H17N3O2. The molecule has 0 amide bonds. The van der Waals surface area contributed by atoms with E-state index in [1.165, 1.54) is 0 Å². The Hall–Kier alpha value is -1.62. The van der Waals surface area contributed by atoms with Crippen LogP contribution in [0.5, 0.6) is 5.88 Å². The number of aromatic nitrogens is 2. The first-order chi connectivity index (χ1) is 8.35. The van der Waals surface area contributed by atoms with Crippen molar-refractivity contribution in [2.45, 2.75) is 18.9 Å². The van der Waals surface area contributed by atoms with Gasteiger partial charge in [0.05, 0.1) is 19.4 Å². The maximum absolute atomic E-state index is 5.64. The van der Waals surface area contributed by atoms with Gasteiger partial charge in [-0.1, -0.05) is 0 Å². The Kier molecular flexibility index (Phi) is 3.93. The molecule has 17 heavy (non-hydrogen) atoms. The van der Waals surface area contributed by atoms with Crippen molar-refractivity contribution in [1.82, 2.24) is 15.5 Å². The van der Waals surface area contributed by atoms with E-state index in [9.17, 15) is 0 Å². The smallest absolute Gasteiger partial charge is 0.233 e. The van der Waals surface area contributed by atoms with Crippen molar-refractivity contribution in [3.8, 4) is 5.88 Å². The highest BCUT2D eigenvalue weighted by molar-refractivity contribution is 5.21. The zero-order valence-corrected chi connectivity index (χ0v) is 10.1. The lowest BCUT2D eigenvalue weighted by Crippen LogP contribution is -2.23. The van der Waals surface area contributed by atoms with Gasteiger partial charge in [0.15, 0.2) is 0 Å². The summed E-state index contributed by atoms with van der Waals surface area (Å²) in [5, 5.41) is 11.3. The third kappa shape index (κ3) is 2.74. The molecule has 0 saturated carbocycles. The van der Waals surface area contributed by atoms with Crippen LogP contribution in [0.25, 0.3) is 0 Å². The summed E-state index contributed by atoms with van der Waals surface area (Å²) in [6, 6.07) is 3.66. The third-order valence-corrected chi connectivity index (χ3v) is 2.70. The summed E-state index contributed by atoms with van der Waals surface area (Å²) >= 11 is 0. The molecule has 1 aromatic rings. The van der Waals surface area contributed by atoms with Gasteiger partial charge in [0.25, 0.3) is 0 Å². The summed E-state index contributed by atoms with van der Waals surface area (Å²) in [4.78, 5) is 0. The van der Waals surface area contributed by atoms with E-state index in [0.29, 0.717) is 5.88 Å². The lowest BCUT2D eigenvalue weighted by atomic mass is 10.1. The van der Waals surface area contributed by atoms with Crippen molar-refractivity contribution in [3.63, 3.8) is 0 Å². The number of rotatable bonds is 4. The van der Waals surface area contributed by atoms with Gasteiger partial charge in [-0.15, -0.1) is 10.2 Å². The van der Waals surface area contributed by atoms with E-state index in [4.69, 9.17) is 9.47 Å². The second-order valence-corrected chi connectivity index (χ2v) is 3.82. The average molecular weight is 235 g/mol. The SMILES string of the molecule is CNC(C1=CCCCO1)c1ccc(OC)nn1. The van der Waals surface area contributed by atoms with E-state index >= 15 is 0 Å². The number of hydrogen-bond donors (Lipinski definition) is 1. The molecule has 1 aromatic heterocycles. The molecule has 2 heterocycles. The highest BCUT2D eigenvalue weighted by atomic mass is 16.5. The monoisotopic (exact) mass is 235 g/mol. The topological polar surface area (TPSA) is 56.3 Å². The van der Waals surface area contributed by atoms with E-state index < -0.39 is 0 Å². The largest absolute Gasteiger partial charge is 0.496 e. The highest BCUT2D eigenvalue weighted by Gasteiger charge is 2.19. The van der Waals surface area contributed by atoms with Crippen molar-refractivity contribution < 1.29 is 9.47 Å². The molecule has 0 bridgehead atoms. The molecule has 1 unspecified atom stereocenters. The van der Waals surface area contributed by atoms with Crippen LogP contribution in [0.2, 0.25) is 0 Å². The van der Waals surface area contributed by atoms with Crippen LogP contribution in [-0.2, 0) is 4.74 Å². The predicted molar refractivity (Wildman–Crippen MR) is 63.7 cm³/mol. The van der Waals surface area contributed by atoms with Gasteiger partial charge in [0.1, 0.15) is 11.8 Å². The van der Waals surface area contributed by atoms with Crippen LogP contribution in [0.15, 0.2) is 24.0 Å². The van der Waals surface area contributed by atoms with Gasteiger partial charge < -0.3 is 14.8 Å². The minimum atomic E-state index is -0.0336. The van der Waals surface area contributed by atoms with Gasteiger partial charge in [-0.05, 0) is 32.0 Å². The molecule has 0 saturated heterocycles. The summed E-state index contributed by atoms with van der Waals surface area (Å²) in [5.74, 6) is 1.44. The maximum Gasteiger partial charge on any atom is 0.233 e. The predicted octanol–water partition coefficient (Wildman–Crippen LogP) is 1.44. The molecule has 0 spiro atoms. The van der Waals surface area contributed by atoms with Crippen LogP contribution < -0.4 is 10.1 Å². The summed E-state index contributed by atoms with van der Waals surface area (Å²) in [6.45, 7) is 0.771. The number of allylic oxidation sites excluding steroid dienone is 1. The quantitative estimate of drug-likeness (QED) is 0.855. The fourth-order valence-electron chi connectivity index (χ4n) is 1.81. The van der Waals surface area contributed by atoms with Gasteiger partial charge >= 0.3 is 0 Å². The fourth-order valence-corrected chi connectivity index (χ4v) is 1.81. The first-order valence-electron chi connectivity index (χ1n) is 5.73. The van der Waals surface area contributed by atoms with E-state index in [1.54, 1.807) is 13.2 Å². The molecule has 0 fully saturated rings. The van der Waals surface area contributed by atoms with Crippen molar-refractivity contribution in [3.05, 3.63) is 29.7 Å². The van der Waals surface area contributed by atoms with Crippen LogP contribution in [0.3, 0.4) is 0 Å². The van der Waals surface area contributed by atoms with Crippen LogP contribution in [0, 0.1) is 0 Å². The van der Waals surface area contributed by atoms with E-state index in [-0.39, 0.29) is 6.04 Å². The highest BCUT2D eigenvalue weighted by Crippen LogP contribution is 2.24. The Labute approximate surface area is 101 Å². The Morgan fingerprint density at radius 3 is 2.82 bits per heavy atom. The minimum Gasteiger partial charge on any atom is -0.496 e. The maximum atomic E-state index is 5.64. The molecule has 0 radical (unpaired) electrons. The van der Waals surface area contributed by atoms with Gasteiger partial charge in [0.2, 0.25) is 5.88 Å². The molecule has 1 N–H and O–H groups in total. The molecule has 1 atom stereocenters. The molecular weight excluding hydrogens is 218 g/mol. The zero-order valence-electron chi connectivity index (χ0n) is 10.1. The Morgan fingerprint density at radius 2 is 2.29 bits per heavy atom. The first-order valence-corrected chi connectivity index (χ1v) is 5.73. The van der Waals surface area contributed by atoms with Crippen LogP contribution >= 0.6 is 0 Å². The van der Waals surface area contributed by atoms with Crippen molar-refractivity contribution in [1.29, 1.82) is 0 Å². The van der Waals surface area contributed by atoms with Gasteiger partial charge in [-0.3, -0.25) is 0 Å². The number of nitrogens with zero attached hydrogens (tertiary/aromatic N) is 2. The molecule has 92 valence electrons. The van der Waals surface area contributed by atoms with Crippen LogP contribution in [0.4, 0.5) is 0 Å². The molecule has 1 aliphatic heterocycles. The van der Waals surface area contributed by atoms with E-state index in [0.717, 1.165) is 30.9 Å². The molecule has 2 rings (SSSR count). The lowest BCUT2D eigenvalue weighted by molar-refractivity contribution is 0.168. The molecule has 5 nitrogen and oxygen atoms in total. The summed E-state index contributed by atoms with van der Waals surface area (Å²) < 4.78 is 10.6. The Bertz CT molecular complexity index is 389. The number of ether oxygens (including phenoxy) is 2. The van der Waals surface area contributed by atoms with E-state index in [2.05, 4.69) is 21.6 Å². The van der Waals surface area contributed by atoms with Crippen molar-refractivity contribution in [2.24, 2.45) is 0 Å². The molecule has 0 aromatic carbocycles. The van der Waals surface area contributed by atoms with Crippen molar-refractivity contribution in [2.75, 3.05) is 20.8 Å². The van der Waals surface area contributed by atoms with Crippen molar-refractivity contribution >= 4 is 0 Å². The first kappa shape index (κ1) is 11.9. The van der Waals surface area contributed by atoms with Crippen LogP contribution in [0.1, 0.15) is 24.6 Å². The number of hydrogen-bond acceptors (Lipinski definition) is 5. The van der Waals surface area contributed by atoms with Gasteiger partial charge in [-0.25, -0.2) is 0 Å². The minimum absolute atomic E-state index is 0.0336. The number of likely N-dealkylation sites (N-methyl/N-ethyl adjacent to an activating group) is 1. The average Bonchev–Trinajstić information content (AvgIpc) is 2.42. The molecule has 0 aliphatic carbocycles. The zero-order chi connectivity index (χ0) is 12.1. The standard InChI is InChI=1S/C12H17N3O2/c1-13-12(10-5-3-4-8-17-10)9-6-7-11(16-2)15-14-9/h5-7,12-13H,3-4,8H2,1-2H3. The lowest BCUT2D eigenvalue weighted by Gasteiger charge is -2.22.